The van der Waals surface area contributed by atoms with E-state index in [1.54, 1.807) is 25.0 Å². The van der Waals surface area contributed by atoms with Crippen LogP contribution in [0.3, 0.4) is 0 Å². The van der Waals surface area contributed by atoms with Crippen LogP contribution in [0.5, 0.6) is 5.75 Å². The maximum atomic E-state index is 12.1. The largest absolute Gasteiger partial charge is 0.497 e. The van der Waals surface area contributed by atoms with Crippen molar-refractivity contribution in [2.75, 3.05) is 25.1 Å². The van der Waals surface area contributed by atoms with Crippen molar-refractivity contribution in [3.8, 4) is 5.75 Å². The number of nitrogens with one attached hydrogen (secondary N) is 2. The molecular formula is C15H21N3O4. The fourth-order valence-corrected chi connectivity index (χ4v) is 2.31. The van der Waals surface area contributed by atoms with Crippen molar-refractivity contribution in [2.45, 2.75) is 25.5 Å². The maximum Gasteiger partial charge on any atom is 0.315 e. The summed E-state index contributed by atoms with van der Waals surface area (Å²) in [6.07, 6.45) is -0.358. The number of urea groups is 1. The first-order valence-corrected chi connectivity index (χ1v) is 7.16. The molecule has 2 atom stereocenters. The zero-order valence-corrected chi connectivity index (χ0v) is 12.7. The summed E-state index contributed by atoms with van der Waals surface area (Å²) in [5.41, 5.74) is 0.748. The lowest BCUT2D eigenvalue weighted by molar-refractivity contribution is -0.117. The standard InChI is InChI=1S/C15H21N3O4/c1-10(19)8-16-15(21)17-11-6-14(20)18(9-11)12-4-3-5-13(7-12)22-2/h3-5,7,10-11,19H,6,8-9H2,1-2H3,(H2,16,17,21)/t10-,11+/m0/s1. The zero-order valence-electron chi connectivity index (χ0n) is 12.7. The maximum absolute atomic E-state index is 12.1. The Labute approximate surface area is 129 Å². The molecule has 0 bridgehead atoms. The highest BCUT2D eigenvalue weighted by Crippen LogP contribution is 2.25. The summed E-state index contributed by atoms with van der Waals surface area (Å²) in [6, 6.07) is 6.60. The second-order valence-corrected chi connectivity index (χ2v) is 5.31. The van der Waals surface area contributed by atoms with Crippen LogP contribution in [0, 0.1) is 0 Å². The Morgan fingerprint density at radius 1 is 1.55 bits per heavy atom. The predicted molar refractivity (Wildman–Crippen MR) is 82.0 cm³/mol. The Balaban J connectivity index is 1.94. The van der Waals surface area contributed by atoms with Gasteiger partial charge in [-0.25, -0.2) is 4.79 Å². The van der Waals surface area contributed by atoms with Gasteiger partial charge in [0, 0.05) is 31.3 Å². The highest BCUT2D eigenvalue weighted by molar-refractivity contribution is 5.97. The van der Waals surface area contributed by atoms with E-state index in [0.717, 1.165) is 5.69 Å². The van der Waals surface area contributed by atoms with Gasteiger partial charge >= 0.3 is 6.03 Å². The minimum Gasteiger partial charge on any atom is -0.497 e. The Morgan fingerprint density at radius 3 is 3.00 bits per heavy atom. The number of aliphatic hydroxyl groups excluding tert-OH is 1. The van der Waals surface area contributed by atoms with E-state index in [1.165, 1.54) is 0 Å². The zero-order chi connectivity index (χ0) is 16.1. The van der Waals surface area contributed by atoms with Crippen LogP contribution < -0.4 is 20.3 Å². The van der Waals surface area contributed by atoms with Crippen molar-refractivity contribution >= 4 is 17.6 Å². The van der Waals surface area contributed by atoms with Gasteiger partial charge in [-0.2, -0.15) is 0 Å². The third-order valence-electron chi connectivity index (χ3n) is 3.38. The molecule has 0 saturated carbocycles. The minimum absolute atomic E-state index is 0.0471. The van der Waals surface area contributed by atoms with Crippen molar-refractivity contribution in [3.05, 3.63) is 24.3 Å². The lowest BCUT2D eigenvalue weighted by Crippen LogP contribution is -2.45. The number of methoxy groups -OCH3 is 1. The first-order chi connectivity index (χ1) is 10.5. The van der Waals surface area contributed by atoms with Crippen LogP contribution in [0.2, 0.25) is 0 Å². The van der Waals surface area contributed by atoms with Crippen molar-refractivity contribution in [1.29, 1.82) is 0 Å². The van der Waals surface area contributed by atoms with Gasteiger partial charge in [-0.1, -0.05) is 6.07 Å². The third-order valence-corrected chi connectivity index (χ3v) is 3.38. The lowest BCUT2D eigenvalue weighted by atomic mass is 10.2. The number of rotatable bonds is 5. The van der Waals surface area contributed by atoms with E-state index in [1.807, 2.05) is 18.2 Å². The molecular weight excluding hydrogens is 286 g/mol. The molecule has 0 aliphatic carbocycles. The molecule has 120 valence electrons. The van der Waals surface area contributed by atoms with Crippen LogP contribution in [0.15, 0.2) is 24.3 Å². The van der Waals surface area contributed by atoms with Gasteiger partial charge in [-0.3, -0.25) is 4.79 Å². The monoisotopic (exact) mass is 307 g/mol. The number of anilines is 1. The molecule has 1 fully saturated rings. The number of aliphatic hydroxyl groups is 1. The van der Waals surface area contributed by atoms with Crippen molar-refractivity contribution in [2.24, 2.45) is 0 Å². The fourth-order valence-electron chi connectivity index (χ4n) is 2.31. The van der Waals surface area contributed by atoms with Gasteiger partial charge in [-0.15, -0.1) is 0 Å². The molecule has 7 heteroatoms. The highest BCUT2D eigenvalue weighted by Gasteiger charge is 2.31. The number of amides is 3. The molecule has 1 aliphatic rings. The molecule has 22 heavy (non-hydrogen) atoms. The SMILES string of the molecule is COc1cccc(N2C[C@H](NC(=O)NC[C@H](C)O)CC2=O)c1. The topological polar surface area (TPSA) is 90.9 Å². The molecule has 2 rings (SSSR count). The second kappa shape index (κ2) is 7.13. The van der Waals surface area contributed by atoms with Gasteiger partial charge in [0.2, 0.25) is 5.91 Å². The van der Waals surface area contributed by atoms with E-state index >= 15 is 0 Å². The fraction of sp³-hybridized carbons (Fsp3) is 0.467. The highest BCUT2D eigenvalue weighted by atomic mass is 16.5. The number of hydrogen-bond donors (Lipinski definition) is 3. The molecule has 1 aliphatic heterocycles. The van der Waals surface area contributed by atoms with Gasteiger partial charge in [0.05, 0.1) is 19.3 Å². The lowest BCUT2D eigenvalue weighted by Gasteiger charge is -2.18. The summed E-state index contributed by atoms with van der Waals surface area (Å²) in [6.45, 7) is 2.17. The van der Waals surface area contributed by atoms with E-state index in [4.69, 9.17) is 9.84 Å². The molecule has 7 nitrogen and oxygen atoms in total. The van der Waals surface area contributed by atoms with Crippen LogP contribution in [0.4, 0.5) is 10.5 Å². The molecule has 0 unspecified atom stereocenters. The summed E-state index contributed by atoms with van der Waals surface area (Å²) in [7, 11) is 1.57. The first kappa shape index (κ1) is 16.1. The molecule has 3 N–H and O–H groups in total. The smallest absolute Gasteiger partial charge is 0.315 e. The van der Waals surface area contributed by atoms with Crippen LogP contribution >= 0.6 is 0 Å². The number of nitrogens with zero attached hydrogens (tertiary/aromatic N) is 1. The average molecular weight is 307 g/mol. The Morgan fingerprint density at radius 2 is 2.32 bits per heavy atom. The predicted octanol–water partition coefficient (Wildman–Crippen LogP) is 0.481. The summed E-state index contributed by atoms with van der Waals surface area (Å²) < 4.78 is 5.15. The molecule has 0 radical (unpaired) electrons. The van der Waals surface area contributed by atoms with E-state index < -0.39 is 6.10 Å². The molecule has 0 aromatic heterocycles. The Kier molecular flexibility index (Phi) is 5.21. The third kappa shape index (κ3) is 4.11. The normalized spacial score (nSPS) is 19.0. The molecule has 3 amide bonds. The van der Waals surface area contributed by atoms with Gasteiger partial charge in [0.15, 0.2) is 0 Å². The van der Waals surface area contributed by atoms with Crippen LogP contribution in [-0.4, -0.2) is 49.4 Å². The summed E-state index contributed by atoms with van der Waals surface area (Å²) >= 11 is 0. The summed E-state index contributed by atoms with van der Waals surface area (Å²) in [5, 5.41) is 14.4. The molecule has 1 aromatic carbocycles. The number of hydrogen-bond acceptors (Lipinski definition) is 4. The van der Waals surface area contributed by atoms with E-state index in [0.29, 0.717) is 12.3 Å². The van der Waals surface area contributed by atoms with Crippen LogP contribution in [0.25, 0.3) is 0 Å². The summed E-state index contributed by atoms with van der Waals surface area (Å²) in [5.74, 6) is 0.630. The Bertz CT molecular complexity index is 547. The quantitative estimate of drug-likeness (QED) is 0.738. The number of ether oxygens (including phenoxy) is 1. The van der Waals surface area contributed by atoms with Crippen LogP contribution in [-0.2, 0) is 4.79 Å². The van der Waals surface area contributed by atoms with E-state index in [9.17, 15) is 9.59 Å². The van der Waals surface area contributed by atoms with Crippen molar-refractivity contribution < 1.29 is 19.4 Å². The molecule has 0 spiro atoms. The number of benzene rings is 1. The first-order valence-electron chi connectivity index (χ1n) is 7.16. The van der Waals surface area contributed by atoms with Gasteiger partial charge in [0.25, 0.3) is 0 Å². The van der Waals surface area contributed by atoms with Gasteiger partial charge in [0.1, 0.15) is 5.75 Å². The van der Waals surface area contributed by atoms with Gasteiger partial charge in [-0.05, 0) is 19.1 Å². The van der Waals surface area contributed by atoms with Crippen LogP contribution in [0.1, 0.15) is 13.3 Å². The van der Waals surface area contributed by atoms with E-state index in [2.05, 4.69) is 10.6 Å². The van der Waals surface area contributed by atoms with Crippen molar-refractivity contribution in [3.63, 3.8) is 0 Å². The van der Waals surface area contributed by atoms with E-state index in [-0.39, 0.29) is 30.9 Å². The molecule has 1 heterocycles. The summed E-state index contributed by atoms with van der Waals surface area (Å²) in [4.78, 5) is 25.4. The van der Waals surface area contributed by atoms with Gasteiger partial charge < -0.3 is 25.4 Å². The molecule has 1 saturated heterocycles. The second-order valence-electron chi connectivity index (χ2n) is 5.31. The number of carbonyl (C=O) groups is 2. The minimum atomic E-state index is -0.607. The number of carbonyl (C=O) groups excluding carboxylic acids is 2. The average Bonchev–Trinajstić information content (AvgIpc) is 2.85. The molecule has 1 aromatic rings. The Hall–Kier alpha value is -2.28. The van der Waals surface area contributed by atoms with Crippen molar-refractivity contribution in [1.82, 2.24) is 10.6 Å².